The fourth-order valence-electron chi connectivity index (χ4n) is 2.82. The van der Waals surface area contributed by atoms with Crippen molar-refractivity contribution in [3.63, 3.8) is 0 Å². The van der Waals surface area contributed by atoms with Crippen LogP contribution in [0.1, 0.15) is 38.2 Å². The average Bonchev–Trinajstić information content (AvgIpc) is 2.57. The SMILES string of the molecule is CCCCNC(=O)C1CCN(S(=O)(=O)c2ccc(Cl)c(C)c2)CC1. The highest BCUT2D eigenvalue weighted by Crippen LogP contribution is 2.26. The summed E-state index contributed by atoms with van der Waals surface area (Å²) in [6, 6.07) is 4.74. The minimum atomic E-state index is -3.53. The van der Waals surface area contributed by atoms with E-state index in [0.717, 1.165) is 18.4 Å². The van der Waals surface area contributed by atoms with Gasteiger partial charge in [-0.15, -0.1) is 0 Å². The van der Waals surface area contributed by atoms with E-state index in [0.29, 0.717) is 37.5 Å². The fraction of sp³-hybridized carbons (Fsp3) is 0.588. The van der Waals surface area contributed by atoms with Gasteiger partial charge in [0.1, 0.15) is 0 Å². The van der Waals surface area contributed by atoms with E-state index in [2.05, 4.69) is 12.2 Å². The van der Waals surface area contributed by atoms with Gasteiger partial charge in [0, 0.05) is 30.6 Å². The second-order valence-corrected chi connectivity index (χ2v) is 8.58. The Labute approximate surface area is 149 Å². The summed E-state index contributed by atoms with van der Waals surface area (Å²) < 4.78 is 26.9. The van der Waals surface area contributed by atoms with Crippen LogP contribution in [-0.2, 0) is 14.8 Å². The van der Waals surface area contributed by atoms with E-state index < -0.39 is 10.0 Å². The number of carbonyl (C=O) groups is 1. The van der Waals surface area contributed by atoms with Gasteiger partial charge in [0.15, 0.2) is 0 Å². The lowest BCUT2D eigenvalue weighted by Crippen LogP contribution is -2.43. The molecule has 0 atom stereocenters. The lowest BCUT2D eigenvalue weighted by atomic mass is 9.97. The van der Waals surface area contributed by atoms with Gasteiger partial charge in [0.2, 0.25) is 15.9 Å². The van der Waals surface area contributed by atoms with Gasteiger partial charge in [0.25, 0.3) is 0 Å². The Kier molecular flexibility index (Phi) is 6.66. The molecule has 24 heavy (non-hydrogen) atoms. The molecule has 5 nitrogen and oxygen atoms in total. The van der Waals surface area contributed by atoms with E-state index in [-0.39, 0.29) is 16.7 Å². The van der Waals surface area contributed by atoms with Gasteiger partial charge in [-0.2, -0.15) is 4.31 Å². The molecule has 0 unspecified atom stereocenters. The number of unbranched alkanes of at least 4 members (excludes halogenated alkanes) is 1. The van der Waals surface area contributed by atoms with Crippen LogP contribution in [0, 0.1) is 12.8 Å². The number of benzene rings is 1. The molecule has 134 valence electrons. The topological polar surface area (TPSA) is 66.5 Å². The van der Waals surface area contributed by atoms with E-state index in [1.54, 1.807) is 19.1 Å². The Bertz CT molecular complexity index is 683. The van der Waals surface area contributed by atoms with Crippen molar-refractivity contribution in [1.82, 2.24) is 9.62 Å². The maximum absolute atomic E-state index is 12.7. The molecule has 1 aliphatic rings. The molecule has 1 aromatic rings. The number of nitrogens with one attached hydrogen (secondary N) is 1. The summed E-state index contributed by atoms with van der Waals surface area (Å²) in [4.78, 5) is 12.3. The first-order valence-corrected chi connectivity index (χ1v) is 10.2. The van der Waals surface area contributed by atoms with Crippen molar-refractivity contribution in [2.24, 2.45) is 5.92 Å². The second kappa shape index (κ2) is 8.32. The molecule has 1 aliphatic heterocycles. The van der Waals surface area contributed by atoms with Crippen molar-refractivity contribution < 1.29 is 13.2 Å². The Morgan fingerprint density at radius 3 is 2.58 bits per heavy atom. The zero-order chi connectivity index (χ0) is 17.7. The Morgan fingerprint density at radius 1 is 1.33 bits per heavy atom. The number of nitrogens with zero attached hydrogens (tertiary/aromatic N) is 1. The minimum absolute atomic E-state index is 0.0443. The van der Waals surface area contributed by atoms with Gasteiger partial charge in [-0.25, -0.2) is 8.42 Å². The van der Waals surface area contributed by atoms with E-state index in [1.165, 1.54) is 10.4 Å². The van der Waals surface area contributed by atoms with Crippen molar-refractivity contribution >= 4 is 27.5 Å². The third-order valence-corrected chi connectivity index (χ3v) is 6.74. The average molecular weight is 373 g/mol. The van der Waals surface area contributed by atoms with Crippen LogP contribution in [0.3, 0.4) is 0 Å². The minimum Gasteiger partial charge on any atom is -0.356 e. The first-order chi connectivity index (χ1) is 11.4. The Morgan fingerprint density at radius 2 is 2.00 bits per heavy atom. The number of aryl methyl sites for hydroxylation is 1. The van der Waals surface area contributed by atoms with Crippen LogP contribution < -0.4 is 5.32 Å². The van der Waals surface area contributed by atoms with Gasteiger partial charge >= 0.3 is 0 Å². The van der Waals surface area contributed by atoms with Gasteiger partial charge in [0.05, 0.1) is 4.90 Å². The molecule has 0 saturated carbocycles. The standard InChI is InChI=1S/C17H25ClN2O3S/c1-3-4-9-19-17(21)14-7-10-20(11-8-14)24(22,23)15-5-6-16(18)13(2)12-15/h5-6,12,14H,3-4,7-11H2,1-2H3,(H,19,21). The molecular formula is C17H25ClN2O3S. The molecule has 1 saturated heterocycles. The molecule has 1 fully saturated rings. The summed E-state index contributed by atoms with van der Waals surface area (Å²) in [5, 5.41) is 3.48. The molecule has 1 aromatic carbocycles. The van der Waals surface area contributed by atoms with E-state index in [4.69, 9.17) is 11.6 Å². The molecule has 1 heterocycles. The summed E-state index contributed by atoms with van der Waals surface area (Å²) >= 11 is 5.97. The highest BCUT2D eigenvalue weighted by Gasteiger charge is 2.32. The molecular weight excluding hydrogens is 348 g/mol. The molecule has 0 radical (unpaired) electrons. The number of amides is 1. The van der Waals surface area contributed by atoms with E-state index in [1.807, 2.05) is 0 Å². The first-order valence-electron chi connectivity index (χ1n) is 8.40. The Balaban J connectivity index is 1.98. The van der Waals surface area contributed by atoms with Crippen molar-refractivity contribution in [3.8, 4) is 0 Å². The lowest BCUT2D eigenvalue weighted by Gasteiger charge is -2.30. The highest BCUT2D eigenvalue weighted by molar-refractivity contribution is 7.89. The van der Waals surface area contributed by atoms with Gasteiger partial charge in [-0.3, -0.25) is 4.79 Å². The number of hydrogen-bond donors (Lipinski definition) is 1. The van der Waals surface area contributed by atoms with Crippen LogP contribution >= 0.6 is 11.6 Å². The number of piperidine rings is 1. The third-order valence-electron chi connectivity index (χ3n) is 4.42. The molecule has 1 amide bonds. The summed E-state index contributed by atoms with van der Waals surface area (Å²) in [6.07, 6.45) is 3.12. The predicted octanol–water partition coefficient (Wildman–Crippen LogP) is 2.97. The van der Waals surface area contributed by atoms with Gasteiger partial charge < -0.3 is 5.32 Å². The van der Waals surface area contributed by atoms with Crippen LogP contribution in [0.25, 0.3) is 0 Å². The van der Waals surface area contributed by atoms with Crippen molar-refractivity contribution in [2.75, 3.05) is 19.6 Å². The zero-order valence-electron chi connectivity index (χ0n) is 14.2. The van der Waals surface area contributed by atoms with E-state index in [9.17, 15) is 13.2 Å². The smallest absolute Gasteiger partial charge is 0.243 e. The third kappa shape index (κ3) is 4.49. The highest BCUT2D eigenvalue weighted by atomic mass is 35.5. The van der Waals surface area contributed by atoms with Gasteiger partial charge in [-0.1, -0.05) is 24.9 Å². The van der Waals surface area contributed by atoms with Crippen LogP contribution in [0.5, 0.6) is 0 Å². The summed E-state index contributed by atoms with van der Waals surface area (Å²) in [5.74, 6) is -0.0527. The Hall–Kier alpha value is -1.11. The molecule has 7 heteroatoms. The molecule has 0 spiro atoms. The fourth-order valence-corrected chi connectivity index (χ4v) is 4.49. The number of sulfonamides is 1. The van der Waals surface area contributed by atoms with Crippen molar-refractivity contribution in [3.05, 3.63) is 28.8 Å². The maximum atomic E-state index is 12.7. The molecule has 0 bridgehead atoms. The van der Waals surface area contributed by atoms with Crippen LogP contribution in [0.4, 0.5) is 0 Å². The number of hydrogen-bond acceptors (Lipinski definition) is 3. The molecule has 0 aromatic heterocycles. The van der Waals surface area contributed by atoms with E-state index >= 15 is 0 Å². The number of halogens is 1. The molecule has 2 rings (SSSR count). The monoisotopic (exact) mass is 372 g/mol. The van der Waals surface area contributed by atoms with Gasteiger partial charge in [-0.05, 0) is 49.9 Å². The zero-order valence-corrected chi connectivity index (χ0v) is 15.8. The second-order valence-electron chi connectivity index (χ2n) is 6.23. The summed E-state index contributed by atoms with van der Waals surface area (Å²) in [6.45, 7) is 5.30. The summed E-state index contributed by atoms with van der Waals surface area (Å²) in [5.41, 5.74) is 0.739. The first kappa shape index (κ1) is 19.2. The van der Waals surface area contributed by atoms with Crippen LogP contribution in [-0.4, -0.2) is 38.3 Å². The number of carbonyl (C=O) groups excluding carboxylic acids is 1. The predicted molar refractivity (Wildman–Crippen MR) is 95.6 cm³/mol. The summed E-state index contributed by atoms with van der Waals surface area (Å²) in [7, 11) is -3.53. The normalized spacial score (nSPS) is 17.0. The maximum Gasteiger partial charge on any atom is 0.243 e. The lowest BCUT2D eigenvalue weighted by molar-refractivity contribution is -0.126. The van der Waals surface area contributed by atoms with Crippen LogP contribution in [0.15, 0.2) is 23.1 Å². The van der Waals surface area contributed by atoms with Crippen molar-refractivity contribution in [1.29, 1.82) is 0 Å². The quantitative estimate of drug-likeness (QED) is 0.780. The number of rotatable bonds is 6. The largest absolute Gasteiger partial charge is 0.356 e. The van der Waals surface area contributed by atoms with Crippen LogP contribution in [0.2, 0.25) is 5.02 Å². The molecule has 1 N–H and O–H groups in total. The van der Waals surface area contributed by atoms with Crippen molar-refractivity contribution in [2.45, 2.75) is 44.4 Å². The molecule has 0 aliphatic carbocycles.